The van der Waals surface area contributed by atoms with Gasteiger partial charge in [-0.05, 0) is 5.92 Å². The summed E-state index contributed by atoms with van der Waals surface area (Å²) in [6.45, 7) is 0.780. The van der Waals surface area contributed by atoms with Gasteiger partial charge in [0.15, 0.2) is 0 Å². The van der Waals surface area contributed by atoms with E-state index in [2.05, 4.69) is 5.92 Å². The molecule has 0 rings (SSSR count). The van der Waals surface area contributed by atoms with Gasteiger partial charge in [-0.1, -0.05) is 0 Å². The first-order valence-corrected chi connectivity index (χ1v) is 3.09. The third-order valence-corrected chi connectivity index (χ3v) is 1.18. The Labute approximate surface area is 73.6 Å². The van der Waals surface area contributed by atoms with Crippen LogP contribution in [0.3, 0.4) is 0 Å². The van der Waals surface area contributed by atoms with Crippen LogP contribution in [-0.2, 0) is 0 Å². The number of aliphatic hydroxyl groups excluding tert-OH is 1. The van der Waals surface area contributed by atoms with E-state index >= 15 is 0 Å². The standard InChI is InChI=1S/C7H14NO2.ClH/c1-4-5-8(2,3)6-7(9)10;/h1,7,9-10H,5-6H2,2-3H3;1H/q+1;/p-1. The van der Waals surface area contributed by atoms with Crippen LogP contribution in [0.4, 0.5) is 0 Å². The van der Waals surface area contributed by atoms with E-state index in [0.29, 0.717) is 11.0 Å². The van der Waals surface area contributed by atoms with Gasteiger partial charge < -0.3 is 27.1 Å². The van der Waals surface area contributed by atoms with E-state index < -0.39 is 6.29 Å². The van der Waals surface area contributed by atoms with Crippen molar-refractivity contribution in [2.24, 2.45) is 0 Å². The molecule has 0 aromatic rings. The molecule has 0 saturated heterocycles. The molecule has 0 amide bonds. The second-order valence-electron chi connectivity index (χ2n) is 2.96. The van der Waals surface area contributed by atoms with Crippen molar-refractivity contribution >= 4 is 0 Å². The monoisotopic (exact) mass is 179 g/mol. The molecule has 0 aliphatic rings. The van der Waals surface area contributed by atoms with Gasteiger partial charge in [-0.2, -0.15) is 0 Å². The summed E-state index contributed by atoms with van der Waals surface area (Å²) in [5, 5.41) is 17.2. The van der Waals surface area contributed by atoms with Crippen LogP contribution in [0.1, 0.15) is 0 Å². The normalized spacial score (nSPS) is 10.5. The van der Waals surface area contributed by atoms with E-state index in [1.807, 2.05) is 14.1 Å². The Hall–Kier alpha value is -0.270. The van der Waals surface area contributed by atoms with E-state index in [9.17, 15) is 0 Å². The average Bonchev–Trinajstić information content (AvgIpc) is 1.59. The lowest BCUT2D eigenvalue weighted by Gasteiger charge is -2.27. The molecule has 66 valence electrons. The first kappa shape index (κ1) is 13.3. The van der Waals surface area contributed by atoms with Crippen molar-refractivity contribution in [3.05, 3.63) is 0 Å². The summed E-state index contributed by atoms with van der Waals surface area (Å²) in [6.07, 6.45) is 3.79. The third-order valence-electron chi connectivity index (χ3n) is 1.18. The van der Waals surface area contributed by atoms with Crippen molar-refractivity contribution in [1.29, 1.82) is 0 Å². The molecule has 0 unspecified atom stereocenters. The van der Waals surface area contributed by atoms with Gasteiger partial charge in [0.1, 0.15) is 13.1 Å². The van der Waals surface area contributed by atoms with Crippen molar-refractivity contribution in [1.82, 2.24) is 0 Å². The Morgan fingerprint density at radius 3 is 2.18 bits per heavy atom. The van der Waals surface area contributed by atoms with E-state index in [1.54, 1.807) is 0 Å². The molecule has 0 aromatic heterocycles. The first-order chi connectivity index (χ1) is 4.48. The van der Waals surface area contributed by atoms with Gasteiger partial charge in [-0.15, -0.1) is 6.42 Å². The van der Waals surface area contributed by atoms with Crippen molar-refractivity contribution in [2.45, 2.75) is 6.29 Å². The van der Waals surface area contributed by atoms with Gasteiger partial charge >= 0.3 is 0 Å². The summed E-state index contributed by atoms with van der Waals surface area (Å²) < 4.78 is 0.439. The lowest BCUT2D eigenvalue weighted by Crippen LogP contribution is -3.00. The fraction of sp³-hybridized carbons (Fsp3) is 0.714. The highest BCUT2D eigenvalue weighted by atomic mass is 35.5. The fourth-order valence-corrected chi connectivity index (χ4v) is 0.754. The maximum atomic E-state index is 8.59. The SMILES string of the molecule is C#CC[N+](C)(C)CC(O)O.[Cl-]. The number of hydrogen-bond donors (Lipinski definition) is 2. The van der Waals surface area contributed by atoms with Gasteiger partial charge in [0.2, 0.25) is 6.29 Å². The molecule has 3 nitrogen and oxygen atoms in total. The number of likely N-dealkylation sites (N-methyl/N-ethyl adjacent to an activating group) is 1. The molecule has 0 aromatic carbocycles. The minimum absolute atomic E-state index is 0. The van der Waals surface area contributed by atoms with Gasteiger partial charge in [-0.25, -0.2) is 0 Å². The van der Waals surface area contributed by atoms with Gasteiger partial charge in [0, 0.05) is 0 Å². The molecule has 0 fully saturated rings. The number of quaternary nitrogens is 1. The van der Waals surface area contributed by atoms with E-state index in [0.717, 1.165) is 0 Å². The molecular weight excluding hydrogens is 166 g/mol. The van der Waals surface area contributed by atoms with E-state index in [-0.39, 0.29) is 19.0 Å². The van der Waals surface area contributed by atoms with E-state index in [4.69, 9.17) is 16.6 Å². The summed E-state index contributed by atoms with van der Waals surface area (Å²) in [4.78, 5) is 0. The lowest BCUT2D eigenvalue weighted by atomic mass is 10.4. The molecular formula is C7H14ClNO2. The van der Waals surface area contributed by atoms with Crippen molar-refractivity contribution in [3.8, 4) is 12.3 Å². The van der Waals surface area contributed by atoms with Crippen LogP contribution < -0.4 is 12.4 Å². The van der Waals surface area contributed by atoms with Crippen LogP contribution >= 0.6 is 0 Å². The van der Waals surface area contributed by atoms with Crippen LogP contribution in [-0.4, -0.2) is 48.2 Å². The molecule has 0 aliphatic carbocycles. The lowest BCUT2D eigenvalue weighted by molar-refractivity contribution is -0.889. The maximum absolute atomic E-state index is 8.59. The summed E-state index contributed by atoms with van der Waals surface area (Å²) in [7, 11) is 3.69. The highest BCUT2D eigenvalue weighted by molar-refractivity contribution is 4.83. The van der Waals surface area contributed by atoms with Gasteiger partial charge in [0.25, 0.3) is 0 Å². The summed E-state index contributed by atoms with van der Waals surface area (Å²) in [6, 6.07) is 0. The maximum Gasteiger partial charge on any atom is 0.202 e. The molecule has 0 bridgehead atoms. The highest BCUT2D eigenvalue weighted by Crippen LogP contribution is 1.96. The third kappa shape index (κ3) is 7.63. The average molecular weight is 180 g/mol. The zero-order valence-corrected chi connectivity index (χ0v) is 7.54. The molecule has 0 spiro atoms. The number of nitrogens with zero attached hydrogens (tertiary/aromatic N) is 1. The Bertz CT molecular complexity index is 140. The topological polar surface area (TPSA) is 40.5 Å². The largest absolute Gasteiger partial charge is 1.00 e. The predicted octanol–water partition coefficient (Wildman–Crippen LogP) is -3.99. The Kier molecular flexibility index (Phi) is 6.53. The number of terminal acetylenes is 1. The molecule has 0 atom stereocenters. The van der Waals surface area contributed by atoms with Crippen molar-refractivity contribution in [3.63, 3.8) is 0 Å². The molecule has 4 heteroatoms. The fourth-order valence-electron chi connectivity index (χ4n) is 0.754. The quantitative estimate of drug-likeness (QED) is 0.264. The number of hydrogen-bond acceptors (Lipinski definition) is 2. The smallest absolute Gasteiger partial charge is 0.202 e. The predicted molar refractivity (Wildman–Crippen MR) is 38.9 cm³/mol. The second kappa shape index (κ2) is 5.39. The number of rotatable bonds is 3. The van der Waals surface area contributed by atoms with Crippen LogP contribution in [0.5, 0.6) is 0 Å². The van der Waals surface area contributed by atoms with Crippen LogP contribution in [0.2, 0.25) is 0 Å². The minimum Gasteiger partial charge on any atom is -1.00 e. The zero-order valence-electron chi connectivity index (χ0n) is 6.79. The zero-order chi connectivity index (χ0) is 8.20. The molecule has 0 aliphatic heterocycles. The number of aliphatic hydroxyl groups is 2. The highest BCUT2D eigenvalue weighted by Gasteiger charge is 2.16. The van der Waals surface area contributed by atoms with E-state index in [1.165, 1.54) is 0 Å². The molecule has 0 radical (unpaired) electrons. The first-order valence-electron chi connectivity index (χ1n) is 3.09. The van der Waals surface area contributed by atoms with Crippen LogP contribution in [0.25, 0.3) is 0 Å². The Morgan fingerprint density at radius 2 is 1.91 bits per heavy atom. The van der Waals surface area contributed by atoms with Crippen LogP contribution in [0, 0.1) is 12.3 Å². The summed E-state index contributed by atoms with van der Waals surface area (Å²) in [5.41, 5.74) is 0. The second-order valence-corrected chi connectivity index (χ2v) is 2.96. The molecule has 0 heterocycles. The van der Waals surface area contributed by atoms with Crippen molar-refractivity contribution in [2.75, 3.05) is 27.2 Å². The summed E-state index contributed by atoms with van der Waals surface area (Å²) >= 11 is 0. The Balaban J connectivity index is 0. The van der Waals surface area contributed by atoms with Crippen LogP contribution in [0.15, 0.2) is 0 Å². The Morgan fingerprint density at radius 1 is 1.45 bits per heavy atom. The van der Waals surface area contributed by atoms with Crippen molar-refractivity contribution < 1.29 is 27.1 Å². The number of halogens is 1. The molecule has 0 saturated carbocycles. The molecule has 2 N–H and O–H groups in total. The summed E-state index contributed by atoms with van der Waals surface area (Å²) in [5.74, 6) is 2.46. The molecule has 11 heavy (non-hydrogen) atoms. The van der Waals surface area contributed by atoms with Gasteiger partial charge in [-0.3, -0.25) is 0 Å². The minimum atomic E-state index is -1.27. The van der Waals surface area contributed by atoms with Gasteiger partial charge in [0.05, 0.1) is 14.1 Å².